The van der Waals surface area contributed by atoms with Crippen LogP contribution in [0, 0.1) is 5.82 Å². The van der Waals surface area contributed by atoms with E-state index in [9.17, 15) is 22.7 Å². The van der Waals surface area contributed by atoms with Gasteiger partial charge in [0.2, 0.25) is 0 Å². The van der Waals surface area contributed by atoms with E-state index >= 15 is 0 Å². The number of benzene rings is 2. The Morgan fingerprint density at radius 3 is 2.55 bits per heavy atom. The van der Waals surface area contributed by atoms with Crippen LogP contribution in [0.1, 0.15) is 25.0 Å². The van der Waals surface area contributed by atoms with Crippen molar-refractivity contribution in [2.75, 3.05) is 18.0 Å². The summed E-state index contributed by atoms with van der Waals surface area (Å²) in [5, 5.41) is 10.2. The second-order valence-electron chi connectivity index (χ2n) is 7.67. The number of alkyl halides is 3. The third-order valence-electron chi connectivity index (χ3n) is 5.18. The summed E-state index contributed by atoms with van der Waals surface area (Å²) in [6.45, 7) is 4.33. The van der Waals surface area contributed by atoms with E-state index in [0.29, 0.717) is 18.6 Å². The van der Waals surface area contributed by atoms with E-state index in [1.165, 1.54) is 24.3 Å². The lowest BCUT2D eigenvalue weighted by Crippen LogP contribution is -2.46. The van der Waals surface area contributed by atoms with Gasteiger partial charge >= 0.3 is 6.18 Å². The topological polar surface area (TPSA) is 60.8 Å². The average Bonchev–Trinajstić information content (AvgIpc) is 3.01. The number of rotatable bonds is 3. The Balaban J connectivity index is 1.72. The molecular formula is C22H21F4N3O2. The molecule has 1 saturated heterocycles. The van der Waals surface area contributed by atoms with Gasteiger partial charge in [-0.15, -0.1) is 0 Å². The summed E-state index contributed by atoms with van der Waals surface area (Å²) < 4.78 is 61.2. The van der Waals surface area contributed by atoms with Crippen LogP contribution in [0.4, 0.5) is 28.9 Å². The van der Waals surface area contributed by atoms with E-state index in [1.807, 2.05) is 13.8 Å². The molecule has 9 heteroatoms. The molecule has 2 unspecified atom stereocenters. The van der Waals surface area contributed by atoms with E-state index in [4.69, 9.17) is 4.74 Å². The van der Waals surface area contributed by atoms with Gasteiger partial charge in [0.25, 0.3) is 0 Å². The lowest BCUT2D eigenvalue weighted by molar-refractivity contribution is -0.137. The second-order valence-corrected chi connectivity index (χ2v) is 7.67. The third-order valence-corrected chi connectivity index (χ3v) is 5.18. The number of halogens is 4. The number of morpholine rings is 1. The quantitative estimate of drug-likeness (QED) is 0.428. The Labute approximate surface area is 176 Å². The van der Waals surface area contributed by atoms with Gasteiger partial charge in [0, 0.05) is 30.4 Å². The molecule has 1 aliphatic rings. The van der Waals surface area contributed by atoms with Crippen molar-refractivity contribution in [3.63, 3.8) is 0 Å². The minimum atomic E-state index is -4.58. The highest BCUT2D eigenvalue weighted by Gasteiger charge is 2.36. The number of H-pyrrole nitrogens is 1. The number of aromatic hydroxyl groups is 1. The highest BCUT2D eigenvalue weighted by molar-refractivity contribution is 6.02. The van der Waals surface area contributed by atoms with Crippen LogP contribution in [-0.2, 0) is 10.9 Å². The van der Waals surface area contributed by atoms with Gasteiger partial charge in [0.1, 0.15) is 5.82 Å². The molecule has 0 saturated carbocycles. The Morgan fingerprint density at radius 1 is 1.16 bits per heavy atom. The van der Waals surface area contributed by atoms with Gasteiger partial charge in [-0.2, -0.15) is 13.2 Å². The number of ether oxygens (including phenoxy) is 1. The van der Waals surface area contributed by atoms with Crippen molar-refractivity contribution in [1.82, 2.24) is 4.98 Å². The van der Waals surface area contributed by atoms with Crippen LogP contribution in [-0.4, -0.2) is 41.6 Å². The van der Waals surface area contributed by atoms with Crippen molar-refractivity contribution in [1.29, 1.82) is 0 Å². The number of nitrogens with one attached hydrogen (secondary N) is 1. The Kier molecular flexibility index (Phi) is 5.38. The molecule has 0 bridgehead atoms. The van der Waals surface area contributed by atoms with Gasteiger partial charge in [-0.3, -0.25) is 4.99 Å². The van der Waals surface area contributed by atoms with Gasteiger partial charge < -0.3 is 19.7 Å². The first kappa shape index (κ1) is 21.2. The molecule has 164 valence electrons. The number of aromatic nitrogens is 1. The number of nitrogens with zero attached hydrogens (tertiary/aromatic N) is 2. The molecule has 3 aromatic rings. The predicted molar refractivity (Wildman–Crippen MR) is 111 cm³/mol. The molecule has 0 amide bonds. The SMILES string of the molecule is CC1CN(c2ccc(N=Cc3c(O)[nH]c4cccc(F)c34)cc2C(F)(F)F)CC(C)O1. The van der Waals surface area contributed by atoms with E-state index in [1.54, 1.807) is 11.0 Å². The molecule has 2 atom stereocenters. The second kappa shape index (κ2) is 7.88. The molecule has 0 radical (unpaired) electrons. The normalized spacial score (nSPS) is 20.1. The minimum absolute atomic E-state index is 0.0375. The summed E-state index contributed by atoms with van der Waals surface area (Å²) in [6, 6.07) is 8.10. The van der Waals surface area contributed by atoms with Crippen molar-refractivity contribution in [2.45, 2.75) is 32.2 Å². The van der Waals surface area contributed by atoms with E-state index in [-0.39, 0.29) is 40.4 Å². The zero-order valence-electron chi connectivity index (χ0n) is 16.9. The molecule has 0 aliphatic carbocycles. The first-order valence-electron chi connectivity index (χ1n) is 9.78. The Bertz CT molecular complexity index is 1130. The minimum Gasteiger partial charge on any atom is -0.494 e. The lowest BCUT2D eigenvalue weighted by Gasteiger charge is -2.38. The fraction of sp³-hybridized carbons (Fsp3) is 0.318. The summed E-state index contributed by atoms with van der Waals surface area (Å²) in [5.74, 6) is -0.884. The lowest BCUT2D eigenvalue weighted by atomic mass is 10.1. The van der Waals surface area contributed by atoms with Crippen LogP contribution in [0.25, 0.3) is 10.9 Å². The molecule has 31 heavy (non-hydrogen) atoms. The molecule has 2 N–H and O–H groups in total. The molecule has 5 nitrogen and oxygen atoms in total. The van der Waals surface area contributed by atoms with Crippen molar-refractivity contribution in [3.05, 3.63) is 53.3 Å². The first-order valence-corrected chi connectivity index (χ1v) is 9.78. The molecule has 1 fully saturated rings. The maximum absolute atomic E-state index is 14.2. The maximum atomic E-state index is 14.2. The van der Waals surface area contributed by atoms with Crippen molar-refractivity contribution in [3.8, 4) is 5.88 Å². The van der Waals surface area contributed by atoms with E-state index in [0.717, 1.165) is 12.3 Å². The van der Waals surface area contributed by atoms with Crippen LogP contribution >= 0.6 is 0 Å². The molecular weight excluding hydrogens is 414 g/mol. The fourth-order valence-corrected chi connectivity index (χ4v) is 3.96. The summed E-state index contributed by atoms with van der Waals surface area (Å²) in [7, 11) is 0. The standard InChI is InChI=1S/C22H21F4N3O2/c1-12-10-29(11-13(2)31-12)19-7-6-14(8-16(19)22(24,25)26)27-9-15-20-17(23)4-3-5-18(20)28-21(15)30/h3-9,12-13,28,30H,10-11H2,1-2H3. The highest BCUT2D eigenvalue weighted by Crippen LogP contribution is 2.40. The Morgan fingerprint density at radius 2 is 1.87 bits per heavy atom. The zero-order valence-corrected chi connectivity index (χ0v) is 16.9. The van der Waals surface area contributed by atoms with Crippen molar-refractivity contribution >= 4 is 28.5 Å². The molecule has 2 aromatic carbocycles. The van der Waals surface area contributed by atoms with Crippen LogP contribution in [0.15, 0.2) is 41.4 Å². The summed E-state index contributed by atoms with van der Waals surface area (Å²) >= 11 is 0. The van der Waals surface area contributed by atoms with Gasteiger partial charge in [0.15, 0.2) is 5.88 Å². The van der Waals surface area contributed by atoms with Gasteiger partial charge in [-0.25, -0.2) is 4.39 Å². The first-order chi connectivity index (χ1) is 14.6. The van der Waals surface area contributed by atoms with Gasteiger partial charge in [-0.05, 0) is 44.2 Å². The number of hydrogen-bond acceptors (Lipinski definition) is 4. The number of fused-ring (bicyclic) bond motifs is 1. The molecule has 0 spiro atoms. The van der Waals surface area contributed by atoms with Crippen LogP contribution in [0.5, 0.6) is 5.88 Å². The number of anilines is 1. The molecule has 1 aromatic heterocycles. The summed E-state index contributed by atoms with van der Waals surface area (Å²) in [4.78, 5) is 8.36. The van der Waals surface area contributed by atoms with Gasteiger partial charge in [-0.1, -0.05) is 6.07 Å². The third kappa shape index (κ3) is 4.23. The monoisotopic (exact) mass is 435 g/mol. The summed E-state index contributed by atoms with van der Waals surface area (Å²) in [6.07, 6.45) is -3.81. The fourth-order valence-electron chi connectivity index (χ4n) is 3.96. The van der Waals surface area contributed by atoms with Crippen LogP contribution < -0.4 is 4.90 Å². The molecule has 1 aliphatic heterocycles. The van der Waals surface area contributed by atoms with E-state index < -0.39 is 17.6 Å². The zero-order chi connectivity index (χ0) is 22.3. The smallest absolute Gasteiger partial charge is 0.418 e. The van der Waals surface area contributed by atoms with Crippen molar-refractivity contribution < 1.29 is 27.4 Å². The van der Waals surface area contributed by atoms with E-state index in [2.05, 4.69) is 9.98 Å². The highest BCUT2D eigenvalue weighted by atomic mass is 19.4. The average molecular weight is 435 g/mol. The van der Waals surface area contributed by atoms with Crippen molar-refractivity contribution in [2.24, 2.45) is 4.99 Å². The molecule has 2 heterocycles. The van der Waals surface area contributed by atoms with Gasteiger partial charge in [0.05, 0.1) is 34.5 Å². The van der Waals surface area contributed by atoms with Crippen LogP contribution in [0.3, 0.4) is 0 Å². The Hall–Kier alpha value is -3.07. The predicted octanol–water partition coefficient (Wildman–Crippen LogP) is 5.40. The number of aromatic amines is 1. The maximum Gasteiger partial charge on any atom is 0.418 e. The molecule has 4 rings (SSSR count). The van der Waals surface area contributed by atoms with Crippen LogP contribution in [0.2, 0.25) is 0 Å². The number of aliphatic imine (C=N–C) groups is 1. The largest absolute Gasteiger partial charge is 0.494 e. The summed E-state index contributed by atoms with van der Waals surface area (Å²) in [5.41, 5.74) is -0.273. The number of hydrogen-bond donors (Lipinski definition) is 2.